The van der Waals surface area contributed by atoms with Crippen molar-refractivity contribution in [2.24, 2.45) is 5.41 Å². The van der Waals surface area contributed by atoms with Crippen molar-refractivity contribution in [1.29, 1.82) is 0 Å². The number of aromatic nitrogens is 1. The Morgan fingerprint density at radius 1 is 1.31 bits per heavy atom. The van der Waals surface area contributed by atoms with Crippen LogP contribution in [0, 0.1) is 12.3 Å². The summed E-state index contributed by atoms with van der Waals surface area (Å²) in [6, 6.07) is 4.68. The number of hydrogen-bond acceptors (Lipinski definition) is 2. The Hall–Kier alpha value is -0.890. The van der Waals surface area contributed by atoms with Crippen molar-refractivity contribution in [1.82, 2.24) is 10.3 Å². The van der Waals surface area contributed by atoms with Crippen molar-refractivity contribution in [3.63, 3.8) is 0 Å². The van der Waals surface area contributed by atoms with Gasteiger partial charge >= 0.3 is 0 Å². The molecule has 0 fully saturated rings. The van der Waals surface area contributed by atoms with Crippen LogP contribution < -0.4 is 5.32 Å². The zero-order chi connectivity index (χ0) is 12.2. The number of hydrogen-bond donors (Lipinski definition) is 1. The minimum atomic E-state index is 0.331. The van der Waals surface area contributed by atoms with Crippen LogP contribution in [0.15, 0.2) is 18.3 Å². The summed E-state index contributed by atoms with van der Waals surface area (Å²) in [5, 5.41) is 3.53. The molecule has 90 valence electrons. The standard InChI is InChI=1S/C14H24N2/c1-6-15-13(9-14(3,4)5)12-8-7-11(2)16-10-12/h7-8,10,13,15H,6,9H2,1-5H3. The Morgan fingerprint density at radius 2 is 2.00 bits per heavy atom. The normalized spacial score (nSPS) is 13.8. The van der Waals surface area contributed by atoms with Gasteiger partial charge in [-0.25, -0.2) is 0 Å². The summed E-state index contributed by atoms with van der Waals surface area (Å²) >= 11 is 0. The molecule has 2 nitrogen and oxygen atoms in total. The molecule has 0 aliphatic rings. The third kappa shape index (κ3) is 4.31. The summed E-state index contributed by atoms with van der Waals surface area (Å²) in [5.41, 5.74) is 2.70. The van der Waals surface area contributed by atoms with Crippen LogP contribution >= 0.6 is 0 Å². The molecule has 2 heteroatoms. The van der Waals surface area contributed by atoms with Gasteiger partial charge in [-0.3, -0.25) is 4.98 Å². The maximum absolute atomic E-state index is 4.37. The monoisotopic (exact) mass is 220 g/mol. The Labute approximate surface area is 99.5 Å². The van der Waals surface area contributed by atoms with Crippen LogP contribution in [0.2, 0.25) is 0 Å². The number of nitrogens with one attached hydrogen (secondary N) is 1. The molecule has 1 aromatic heterocycles. The molecule has 1 heterocycles. The molecule has 0 bridgehead atoms. The van der Waals surface area contributed by atoms with Gasteiger partial charge in [0.25, 0.3) is 0 Å². The van der Waals surface area contributed by atoms with Crippen LogP contribution in [0.5, 0.6) is 0 Å². The quantitative estimate of drug-likeness (QED) is 0.840. The highest BCUT2D eigenvalue weighted by molar-refractivity contribution is 5.17. The summed E-state index contributed by atoms with van der Waals surface area (Å²) in [6.07, 6.45) is 3.12. The lowest BCUT2D eigenvalue weighted by molar-refractivity contribution is 0.314. The molecule has 1 aromatic rings. The first-order valence-electron chi connectivity index (χ1n) is 6.08. The molecule has 0 aromatic carbocycles. The van der Waals surface area contributed by atoms with Crippen LogP contribution in [0.3, 0.4) is 0 Å². The van der Waals surface area contributed by atoms with Gasteiger partial charge in [0.15, 0.2) is 0 Å². The number of aryl methyl sites for hydroxylation is 1. The van der Waals surface area contributed by atoms with E-state index in [1.54, 1.807) is 0 Å². The lowest BCUT2D eigenvalue weighted by Crippen LogP contribution is -2.25. The second-order valence-corrected chi connectivity index (χ2v) is 5.61. The Balaban J connectivity index is 2.80. The van der Waals surface area contributed by atoms with E-state index in [1.807, 2.05) is 13.1 Å². The van der Waals surface area contributed by atoms with Gasteiger partial charge in [-0.1, -0.05) is 33.8 Å². The van der Waals surface area contributed by atoms with Crippen molar-refractivity contribution in [2.75, 3.05) is 6.54 Å². The minimum Gasteiger partial charge on any atom is -0.310 e. The zero-order valence-corrected chi connectivity index (χ0v) is 11.2. The molecule has 0 aliphatic carbocycles. The van der Waals surface area contributed by atoms with E-state index in [9.17, 15) is 0 Å². The third-order valence-electron chi connectivity index (χ3n) is 2.60. The first kappa shape index (κ1) is 13.2. The second kappa shape index (κ2) is 5.44. The molecule has 0 amide bonds. The van der Waals surface area contributed by atoms with Crippen molar-refractivity contribution < 1.29 is 0 Å². The highest BCUT2D eigenvalue weighted by Gasteiger charge is 2.19. The predicted molar refractivity (Wildman–Crippen MR) is 69.5 cm³/mol. The summed E-state index contributed by atoms with van der Waals surface area (Å²) < 4.78 is 0. The van der Waals surface area contributed by atoms with Crippen molar-refractivity contribution in [2.45, 2.75) is 47.1 Å². The van der Waals surface area contributed by atoms with E-state index in [2.05, 4.69) is 50.1 Å². The molecule has 0 aliphatic heterocycles. The molecular formula is C14H24N2. The van der Waals surface area contributed by atoms with Crippen LogP contribution in [-0.2, 0) is 0 Å². The summed E-state index contributed by atoms with van der Waals surface area (Å²) in [4.78, 5) is 4.37. The van der Waals surface area contributed by atoms with Gasteiger partial charge in [-0.15, -0.1) is 0 Å². The van der Waals surface area contributed by atoms with Crippen LogP contribution in [-0.4, -0.2) is 11.5 Å². The maximum atomic E-state index is 4.37. The zero-order valence-electron chi connectivity index (χ0n) is 11.2. The molecule has 1 rings (SSSR count). The average molecular weight is 220 g/mol. The molecule has 1 atom stereocenters. The fourth-order valence-corrected chi connectivity index (χ4v) is 1.85. The Bertz CT molecular complexity index is 309. The molecule has 0 spiro atoms. The first-order valence-corrected chi connectivity index (χ1v) is 6.08. The smallest absolute Gasteiger partial charge is 0.0372 e. The van der Waals surface area contributed by atoms with E-state index in [0.717, 1.165) is 18.7 Å². The van der Waals surface area contributed by atoms with Gasteiger partial charge in [-0.05, 0) is 36.9 Å². The SMILES string of the molecule is CCNC(CC(C)(C)C)c1ccc(C)nc1. The van der Waals surface area contributed by atoms with Gasteiger partial charge in [0, 0.05) is 17.9 Å². The molecular weight excluding hydrogens is 196 g/mol. The van der Waals surface area contributed by atoms with Crippen molar-refractivity contribution in [3.8, 4) is 0 Å². The molecule has 0 saturated heterocycles. The second-order valence-electron chi connectivity index (χ2n) is 5.61. The van der Waals surface area contributed by atoms with E-state index < -0.39 is 0 Å². The maximum Gasteiger partial charge on any atom is 0.0372 e. The van der Waals surface area contributed by atoms with Crippen LogP contribution in [0.25, 0.3) is 0 Å². The van der Waals surface area contributed by atoms with Gasteiger partial charge in [0.2, 0.25) is 0 Å². The van der Waals surface area contributed by atoms with Crippen LogP contribution in [0.1, 0.15) is 51.4 Å². The van der Waals surface area contributed by atoms with Gasteiger partial charge < -0.3 is 5.32 Å². The molecule has 0 radical (unpaired) electrons. The molecule has 0 saturated carbocycles. The topological polar surface area (TPSA) is 24.9 Å². The summed E-state index contributed by atoms with van der Waals surface area (Å²) in [6.45, 7) is 12.0. The molecule has 1 unspecified atom stereocenters. The van der Waals surface area contributed by atoms with E-state index >= 15 is 0 Å². The Kier molecular flexibility index (Phi) is 4.48. The van der Waals surface area contributed by atoms with Gasteiger partial charge in [0.1, 0.15) is 0 Å². The minimum absolute atomic E-state index is 0.331. The highest BCUT2D eigenvalue weighted by Crippen LogP contribution is 2.28. The average Bonchev–Trinajstić information content (AvgIpc) is 2.16. The van der Waals surface area contributed by atoms with E-state index in [4.69, 9.17) is 0 Å². The number of nitrogens with zero attached hydrogens (tertiary/aromatic N) is 1. The lowest BCUT2D eigenvalue weighted by atomic mass is 9.86. The fourth-order valence-electron chi connectivity index (χ4n) is 1.85. The first-order chi connectivity index (χ1) is 7.42. The fraction of sp³-hybridized carbons (Fsp3) is 0.643. The lowest BCUT2D eigenvalue weighted by Gasteiger charge is -2.26. The van der Waals surface area contributed by atoms with Gasteiger partial charge in [-0.2, -0.15) is 0 Å². The molecule has 16 heavy (non-hydrogen) atoms. The summed E-state index contributed by atoms with van der Waals surface area (Å²) in [5.74, 6) is 0. The van der Waals surface area contributed by atoms with Crippen molar-refractivity contribution in [3.05, 3.63) is 29.6 Å². The van der Waals surface area contributed by atoms with E-state index in [0.29, 0.717) is 11.5 Å². The third-order valence-corrected chi connectivity index (χ3v) is 2.60. The number of rotatable bonds is 4. The van der Waals surface area contributed by atoms with E-state index in [-0.39, 0.29) is 0 Å². The van der Waals surface area contributed by atoms with Crippen molar-refractivity contribution >= 4 is 0 Å². The Morgan fingerprint density at radius 3 is 2.44 bits per heavy atom. The largest absolute Gasteiger partial charge is 0.310 e. The molecule has 1 N–H and O–H groups in total. The highest BCUT2D eigenvalue weighted by atomic mass is 14.9. The van der Waals surface area contributed by atoms with E-state index in [1.165, 1.54) is 5.56 Å². The summed E-state index contributed by atoms with van der Waals surface area (Å²) in [7, 11) is 0. The predicted octanol–water partition coefficient (Wildman–Crippen LogP) is 3.48. The van der Waals surface area contributed by atoms with Gasteiger partial charge in [0.05, 0.1) is 0 Å². The number of pyridine rings is 1. The van der Waals surface area contributed by atoms with Crippen LogP contribution in [0.4, 0.5) is 0 Å².